The number of rotatable bonds is 8. The number of phenols is 1. The van der Waals surface area contributed by atoms with Crippen molar-refractivity contribution in [1.29, 1.82) is 0 Å². The first-order valence-corrected chi connectivity index (χ1v) is 12.3. The van der Waals surface area contributed by atoms with Gasteiger partial charge in [0.05, 0.1) is 18.2 Å². The molecule has 0 aliphatic heterocycles. The zero-order valence-corrected chi connectivity index (χ0v) is 21.7. The highest BCUT2D eigenvalue weighted by molar-refractivity contribution is 6.05. The van der Waals surface area contributed by atoms with Gasteiger partial charge in [0, 0.05) is 16.9 Å². The molecule has 0 aliphatic rings. The van der Waals surface area contributed by atoms with Crippen molar-refractivity contribution in [3.8, 4) is 23.0 Å². The maximum atomic E-state index is 13.1. The quantitative estimate of drug-likeness (QED) is 0.208. The van der Waals surface area contributed by atoms with Gasteiger partial charge >= 0.3 is 0 Å². The second kappa shape index (κ2) is 11.1. The van der Waals surface area contributed by atoms with Gasteiger partial charge in [0.15, 0.2) is 11.4 Å². The number of hydrogen-bond donors (Lipinski definition) is 3. The van der Waals surface area contributed by atoms with Crippen LogP contribution < -0.4 is 20.1 Å². The molecule has 2 aromatic heterocycles. The Morgan fingerprint density at radius 3 is 2.36 bits per heavy atom. The Hall–Kier alpha value is -5.18. The van der Waals surface area contributed by atoms with Crippen LogP contribution in [0.25, 0.3) is 11.0 Å². The molecule has 9 heteroatoms. The summed E-state index contributed by atoms with van der Waals surface area (Å²) in [6.07, 6.45) is 1.45. The van der Waals surface area contributed by atoms with Crippen LogP contribution in [0.4, 0.5) is 17.2 Å². The molecule has 39 heavy (non-hydrogen) atoms. The number of phenolic OH excluding ortho intramolecular Hbond substituents is 1. The number of aromatic hydroxyl groups is 1. The fourth-order valence-electron chi connectivity index (χ4n) is 3.88. The summed E-state index contributed by atoms with van der Waals surface area (Å²) < 4.78 is 11.3. The van der Waals surface area contributed by atoms with E-state index in [-0.39, 0.29) is 17.6 Å². The van der Waals surface area contributed by atoms with Crippen LogP contribution in [0.5, 0.6) is 23.0 Å². The number of carbonyl (C=O) groups excluding carboxylic acids is 1. The lowest BCUT2D eigenvalue weighted by molar-refractivity contribution is 0.102. The van der Waals surface area contributed by atoms with Crippen LogP contribution >= 0.6 is 0 Å². The molecule has 0 saturated carbocycles. The monoisotopic (exact) mass is 521 g/mol. The van der Waals surface area contributed by atoms with E-state index in [0.29, 0.717) is 45.7 Å². The molecule has 0 radical (unpaired) electrons. The zero-order valence-electron chi connectivity index (χ0n) is 21.7. The second-order valence-corrected chi connectivity index (χ2v) is 9.10. The lowest BCUT2D eigenvalue weighted by atomic mass is 10.1. The first-order valence-electron chi connectivity index (χ1n) is 12.3. The number of benzene rings is 3. The predicted molar refractivity (Wildman–Crippen MR) is 150 cm³/mol. The van der Waals surface area contributed by atoms with Crippen molar-refractivity contribution in [3.63, 3.8) is 0 Å². The van der Waals surface area contributed by atoms with E-state index < -0.39 is 0 Å². The SMILES string of the molecule is COc1ccc(NC(=O)c2ccc(Oc3ccc(O)cc3)c(Nc3ncnc4nc(C(C)C)ccc34)c2)cc1. The van der Waals surface area contributed by atoms with Crippen LogP contribution in [0.2, 0.25) is 0 Å². The Kier molecular flexibility index (Phi) is 7.22. The Balaban J connectivity index is 1.50. The molecule has 196 valence electrons. The number of nitrogens with zero attached hydrogens (tertiary/aromatic N) is 3. The summed E-state index contributed by atoms with van der Waals surface area (Å²) >= 11 is 0. The van der Waals surface area contributed by atoms with Crippen LogP contribution in [-0.2, 0) is 0 Å². The lowest BCUT2D eigenvalue weighted by Gasteiger charge is -2.16. The first kappa shape index (κ1) is 25.5. The highest BCUT2D eigenvalue weighted by atomic mass is 16.5. The zero-order chi connectivity index (χ0) is 27.4. The highest BCUT2D eigenvalue weighted by Gasteiger charge is 2.15. The van der Waals surface area contributed by atoms with Gasteiger partial charge < -0.3 is 25.2 Å². The predicted octanol–water partition coefficient (Wildman–Crippen LogP) is 6.65. The van der Waals surface area contributed by atoms with Crippen LogP contribution in [0, 0.1) is 0 Å². The number of ether oxygens (including phenoxy) is 2. The van der Waals surface area contributed by atoms with Gasteiger partial charge in [-0.05, 0) is 84.8 Å². The highest BCUT2D eigenvalue weighted by Crippen LogP contribution is 2.35. The number of nitrogens with one attached hydrogen (secondary N) is 2. The minimum atomic E-state index is -0.296. The van der Waals surface area contributed by atoms with Crippen molar-refractivity contribution in [3.05, 3.63) is 96.4 Å². The van der Waals surface area contributed by atoms with Gasteiger partial charge in [0.2, 0.25) is 0 Å². The third kappa shape index (κ3) is 5.88. The first-order chi connectivity index (χ1) is 18.9. The average molecular weight is 522 g/mol. The van der Waals surface area contributed by atoms with Crippen LogP contribution in [0.3, 0.4) is 0 Å². The standard InChI is InChI=1S/C30H27N5O4/c1-18(2)25-14-13-24-28(34-25)31-17-32-29(24)35-26-16-19(30(37)33-20-5-9-22(38-3)10-6-20)4-15-27(26)39-23-11-7-21(36)8-12-23/h4-18,36H,1-3H3,(H,33,37)(H,31,32,34,35). The van der Waals surface area contributed by atoms with Crippen molar-refractivity contribution in [2.24, 2.45) is 0 Å². The minimum Gasteiger partial charge on any atom is -0.508 e. The number of pyridine rings is 1. The van der Waals surface area contributed by atoms with Crippen molar-refractivity contribution in [1.82, 2.24) is 15.0 Å². The molecule has 0 aliphatic carbocycles. The second-order valence-electron chi connectivity index (χ2n) is 9.10. The average Bonchev–Trinajstić information content (AvgIpc) is 2.95. The molecule has 0 unspecified atom stereocenters. The van der Waals surface area contributed by atoms with E-state index in [1.807, 2.05) is 12.1 Å². The summed E-state index contributed by atoms with van der Waals surface area (Å²) in [4.78, 5) is 26.6. The minimum absolute atomic E-state index is 0.131. The van der Waals surface area contributed by atoms with E-state index in [0.717, 1.165) is 11.1 Å². The normalized spacial score (nSPS) is 10.9. The molecule has 5 rings (SSSR count). The molecular weight excluding hydrogens is 494 g/mol. The van der Waals surface area contributed by atoms with Crippen molar-refractivity contribution in [2.75, 3.05) is 17.7 Å². The smallest absolute Gasteiger partial charge is 0.255 e. The number of hydrogen-bond acceptors (Lipinski definition) is 8. The van der Waals surface area contributed by atoms with Crippen molar-refractivity contribution < 1.29 is 19.4 Å². The number of carbonyl (C=O) groups is 1. The maximum Gasteiger partial charge on any atom is 0.255 e. The largest absolute Gasteiger partial charge is 0.508 e. The molecule has 2 heterocycles. The lowest BCUT2D eigenvalue weighted by Crippen LogP contribution is -2.12. The molecule has 0 fully saturated rings. The molecule has 3 aromatic carbocycles. The number of fused-ring (bicyclic) bond motifs is 1. The summed E-state index contributed by atoms with van der Waals surface area (Å²) in [6.45, 7) is 4.15. The molecule has 0 saturated heterocycles. The van der Waals surface area contributed by atoms with E-state index in [9.17, 15) is 9.90 Å². The Bertz CT molecular complexity index is 1620. The number of anilines is 3. The Morgan fingerprint density at radius 2 is 1.64 bits per heavy atom. The Morgan fingerprint density at radius 1 is 0.897 bits per heavy atom. The van der Waals surface area contributed by atoms with E-state index in [1.54, 1.807) is 61.7 Å². The molecule has 1 amide bonds. The van der Waals surface area contributed by atoms with Gasteiger partial charge in [-0.2, -0.15) is 0 Å². The molecule has 9 nitrogen and oxygen atoms in total. The number of methoxy groups -OCH3 is 1. The summed E-state index contributed by atoms with van der Waals surface area (Å²) in [7, 11) is 1.59. The van der Waals surface area contributed by atoms with Gasteiger partial charge in [-0.1, -0.05) is 13.8 Å². The summed E-state index contributed by atoms with van der Waals surface area (Å²) in [6, 6.07) is 22.4. The topological polar surface area (TPSA) is 118 Å². The van der Waals surface area contributed by atoms with Crippen molar-refractivity contribution >= 4 is 34.1 Å². The van der Waals surface area contributed by atoms with E-state index in [1.165, 1.54) is 18.5 Å². The maximum absolute atomic E-state index is 13.1. The van der Waals surface area contributed by atoms with Crippen LogP contribution in [0.15, 0.2) is 85.2 Å². The van der Waals surface area contributed by atoms with E-state index in [4.69, 9.17) is 9.47 Å². The fourth-order valence-corrected chi connectivity index (χ4v) is 3.88. The van der Waals surface area contributed by atoms with Crippen LogP contribution in [0.1, 0.15) is 35.8 Å². The number of aromatic nitrogens is 3. The summed E-state index contributed by atoms with van der Waals surface area (Å²) in [5.41, 5.74) is 3.05. The summed E-state index contributed by atoms with van der Waals surface area (Å²) in [5.74, 6) is 2.28. The van der Waals surface area contributed by atoms with E-state index >= 15 is 0 Å². The van der Waals surface area contributed by atoms with Gasteiger partial charge in [-0.15, -0.1) is 0 Å². The van der Waals surface area contributed by atoms with E-state index in [2.05, 4.69) is 39.4 Å². The molecule has 0 spiro atoms. The van der Waals surface area contributed by atoms with Crippen molar-refractivity contribution in [2.45, 2.75) is 19.8 Å². The molecule has 5 aromatic rings. The Labute approximate surface area is 225 Å². The molecule has 0 atom stereocenters. The van der Waals surface area contributed by atoms with Gasteiger partial charge in [-0.25, -0.2) is 15.0 Å². The summed E-state index contributed by atoms with van der Waals surface area (Å²) in [5, 5.41) is 16.6. The molecule has 3 N–H and O–H groups in total. The molecular formula is C30H27N5O4. The van der Waals surface area contributed by atoms with Crippen LogP contribution in [-0.4, -0.2) is 33.1 Å². The van der Waals surface area contributed by atoms with Gasteiger partial charge in [0.1, 0.15) is 29.4 Å². The fraction of sp³-hybridized carbons (Fsp3) is 0.133. The van der Waals surface area contributed by atoms with Gasteiger partial charge in [-0.3, -0.25) is 4.79 Å². The third-order valence-corrected chi connectivity index (χ3v) is 6.02. The third-order valence-electron chi connectivity index (χ3n) is 6.02. The van der Waals surface area contributed by atoms with Gasteiger partial charge in [0.25, 0.3) is 5.91 Å². The number of amides is 1. The molecule has 0 bridgehead atoms.